The first kappa shape index (κ1) is 14.8. The minimum absolute atomic E-state index is 0.0126. The Morgan fingerprint density at radius 3 is 2.64 bits per heavy atom. The highest BCUT2D eigenvalue weighted by atomic mass is 79.9. The minimum Gasteiger partial charge on any atom is -0.497 e. The molecular weight excluding hydrogens is 346 g/mol. The maximum atomic E-state index is 12.5. The van der Waals surface area contributed by atoms with Crippen molar-refractivity contribution >= 4 is 27.8 Å². The van der Waals surface area contributed by atoms with Crippen molar-refractivity contribution in [2.24, 2.45) is 0 Å². The van der Waals surface area contributed by atoms with E-state index >= 15 is 0 Å². The Balaban J connectivity index is 1.70. The molecule has 1 saturated heterocycles. The average molecular weight is 362 g/mol. The minimum atomic E-state index is -0.0126. The van der Waals surface area contributed by atoms with Gasteiger partial charge in [-0.1, -0.05) is 18.2 Å². The molecule has 0 aliphatic carbocycles. The van der Waals surface area contributed by atoms with E-state index in [1.807, 2.05) is 47.4 Å². The number of hydrogen-bond acceptors (Lipinski definition) is 3. The van der Waals surface area contributed by atoms with Gasteiger partial charge < -0.3 is 9.64 Å². The van der Waals surface area contributed by atoms with E-state index in [-0.39, 0.29) is 6.03 Å². The number of benzene rings is 1. The number of hydrogen-bond donors (Lipinski definition) is 0. The lowest BCUT2D eigenvalue weighted by molar-refractivity contribution is 0.218. The van der Waals surface area contributed by atoms with Crippen molar-refractivity contribution in [2.75, 3.05) is 25.1 Å². The lowest BCUT2D eigenvalue weighted by Crippen LogP contribution is -2.31. The van der Waals surface area contributed by atoms with E-state index in [1.54, 1.807) is 12.0 Å². The molecule has 0 spiro atoms. The second kappa shape index (κ2) is 6.36. The topological polar surface area (TPSA) is 45.7 Å². The smallest absolute Gasteiger partial charge is 0.326 e. The molecule has 3 rings (SSSR count). The predicted octanol–water partition coefficient (Wildman–Crippen LogP) is 3.29. The van der Waals surface area contributed by atoms with Gasteiger partial charge in [-0.2, -0.15) is 0 Å². The summed E-state index contributed by atoms with van der Waals surface area (Å²) in [7, 11) is 1.64. The van der Waals surface area contributed by atoms with Crippen LogP contribution in [0.2, 0.25) is 0 Å². The monoisotopic (exact) mass is 361 g/mol. The molecule has 0 atom stereocenters. The van der Waals surface area contributed by atoms with Crippen LogP contribution in [0.4, 0.5) is 10.6 Å². The molecule has 0 N–H and O–H groups in total. The van der Waals surface area contributed by atoms with Crippen LogP contribution in [0.5, 0.6) is 5.75 Å². The Kier molecular flexibility index (Phi) is 4.29. The molecular formula is C16H16BrN3O2. The quantitative estimate of drug-likeness (QED) is 0.784. The number of nitrogens with zero attached hydrogens (tertiary/aromatic N) is 3. The van der Waals surface area contributed by atoms with E-state index < -0.39 is 0 Å². The normalized spacial score (nSPS) is 14.5. The van der Waals surface area contributed by atoms with E-state index in [0.717, 1.165) is 15.9 Å². The highest BCUT2D eigenvalue weighted by Gasteiger charge is 2.30. The Labute approximate surface area is 137 Å². The number of anilines is 1. The SMILES string of the molecule is COc1ccc(CN2CCN(c3cccc(Br)n3)C2=O)cc1. The molecule has 2 amide bonds. The first-order valence-electron chi connectivity index (χ1n) is 6.99. The van der Waals surface area contributed by atoms with Gasteiger partial charge in [-0.15, -0.1) is 0 Å². The first-order valence-corrected chi connectivity index (χ1v) is 7.78. The molecule has 0 radical (unpaired) electrons. The standard InChI is InChI=1S/C16H16BrN3O2/c1-22-13-7-5-12(6-8-13)11-19-9-10-20(16(19)21)15-4-2-3-14(17)18-15/h2-8H,9-11H2,1H3. The van der Waals surface area contributed by atoms with Gasteiger partial charge in [-0.05, 0) is 45.8 Å². The molecule has 1 fully saturated rings. The molecule has 114 valence electrons. The van der Waals surface area contributed by atoms with Gasteiger partial charge in [0.25, 0.3) is 0 Å². The van der Waals surface area contributed by atoms with Gasteiger partial charge >= 0.3 is 6.03 Å². The lowest BCUT2D eigenvalue weighted by Gasteiger charge is -2.18. The summed E-state index contributed by atoms with van der Waals surface area (Å²) in [6.45, 7) is 1.94. The van der Waals surface area contributed by atoms with Crippen LogP contribution in [0.3, 0.4) is 0 Å². The molecule has 0 saturated carbocycles. The van der Waals surface area contributed by atoms with Gasteiger partial charge in [0.05, 0.1) is 7.11 Å². The molecule has 0 unspecified atom stereocenters. The summed E-state index contributed by atoms with van der Waals surface area (Å²) in [6, 6.07) is 13.3. The molecule has 0 bridgehead atoms. The number of methoxy groups -OCH3 is 1. The Morgan fingerprint density at radius 1 is 1.18 bits per heavy atom. The second-order valence-corrected chi connectivity index (χ2v) is 5.83. The van der Waals surface area contributed by atoms with Gasteiger partial charge in [0.2, 0.25) is 0 Å². The highest BCUT2D eigenvalue weighted by molar-refractivity contribution is 9.10. The molecule has 2 heterocycles. The fraction of sp³-hybridized carbons (Fsp3) is 0.250. The molecule has 1 aliphatic rings. The molecule has 6 heteroatoms. The van der Waals surface area contributed by atoms with Crippen LogP contribution in [0.25, 0.3) is 0 Å². The van der Waals surface area contributed by atoms with E-state index in [4.69, 9.17) is 4.74 Å². The summed E-state index contributed by atoms with van der Waals surface area (Å²) in [4.78, 5) is 20.4. The molecule has 5 nitrogen and oxygen atoms in total. The van der Waals surface area contributed by atoms with Crippen LogP contribution < -0.4 is 9.64 Å². The molecule has 2 aromatic rings. The summed E-state index contributed by atoms with van der Waals surface area (Å²) in [5.74, 6) is 1.49. The number of aromatic nitrogens is 1. The number of carbonyl (C=O) groups excluding carboxylic acids is 1. The van der Waals surface area contributed by atoms with Crippen LogP contribution in [0, 0.1) is 0 Å². The zero-order chi connectivity index (χ0) is 15.5. The fourth-order valence-corrected chi connectivity index (χ4v) is 2.78. The third-order valence-electron chi connectivity index (χ3n) is 3.60. The van der Waals surface area contributed by atoms with E-state index in [9.17, 15) is 4.79 Å². The van der Waals surface area contributed by atoms with Gasteiger partial charge in [-0.3, -0.25) is 4.90 Å². The number of carbonyl (C=O) groups is 1. The van der Waals surface area contributed by atoms with Crippen molar-refractivity contribution in [2.45, 2.75) is 6.54 Å². The number of halogens is 1. The van der Waals surface area contributed by atoms with Crippen molar-refractivity contribution in [3.8, 4) is 5.75 Å². The maximum absolute atomic E-state index is 12.5. The largest absolute Gasteiger partial charge is 0.497 e. The third-order valence-corrected chi connectivity index (χ3v) is 4.05. The van der Waals surface area contributed by atoms with Crippen LogP contribution >= 0.6 is 15.9 Å². The summed E-state index contributed by atoms with van der Waals surface area (Å²) in [5.41, 5.74) is 1.08. The van der Waals surface area contributed by atoms with Crippen molar-refractivity contribution < 1.29 is 9.53 Å². The van der Waals surface area contributed by atoms with Crippen LogP contribution in [-0.4, -0.2) is 36.1 Å². The highest BCUT2D eigenvalue weighted by Crippen LogP contribution is 2.22. The molecule has 1 aromatic carbocycles. The summed E-state index contributed by atoms with van der Waals surface area (Å²) in [5, 5.41) is 0. The Morgan fingerprint density at radius 2 is 1.95 bits per heavy atom. The van der Waals surface area contributed by atoms with Gasteiger partial charge in [0.1, 0.15) is 16.2 Å². The number of pyridine rings is 1. The van der Waals surface area contributed by atoms with Crippen molar-refractivity contribution in [1.82, 2.24) is 9.88 Å². The van der Waals surface area contributed by atoms with Gasteiger partial charge in [0, 0.05) is 19.6 Å². The average Bonchev–Trinajstić information content (AvgIpc) is 2.89. The lowest BCUT2D eigenvalue weighted by atomic mass is 10.2. The zero-order valence-corrected chi connectivity index (χ0v) is 13.8. The zero-order valence-electron chi connectivity index (χ0n) is 12.2. The van der Waals surface area contributed by atoms with E-state index in [0.29, 0.717) is 25.5 Å². The maximum Gasteiger partial charge on any atom is 0.326 e. The fourth-order valence-electron chi connectivity index (χ4n) is 2.44. The molecule has 22 heavy (non-hydrogen) atoms. The van der Waals surface area contributed by atoms with Crippen LogP contribution in [0.1, 0.15) is 5.56 Å². The van der Waals surface area contributed by atoms with E-state index in [2.05, 4.69) is 20.9 Å². The predicted molar refractivity (Wildman–Crippen MR) is 88.1 cm³/mol. The first-order chi connectivity index (χ1) is 10.7. The Bertz CT molecular complexity index is 675. The number of ether oxygens (including phenoxy) is 1. The van der Waals surface area contributed by atoms with Gasteiger partial charge in [0.15, 0.2) is 0 Å². The van der Waals surface area contributed by atoms with Crippen molar-refractivity contribution in [1.29, 1.82) is 0 Å². The number of amides is 2. The summed E-state index contributed by atoms with van der Waals surface area (Å²) >= 11 is 3.34. The number of rotatable bonds is 4. The number of urea groups is 1. The van der Waals surface area contributed by atoms with Gasteiger partial charge in [-0.25, -0.2) is 9.78 Å². The summed E-state index contributed by atoms with van der Waals surface area (Å²) in [6.07, 6.45) is 0. The Hall–Kier alpha value is -2.08. The van der Waals surface area contributed by atoms with Crippen molar-refractivity contribution in [3.05, 3.63) is 52.6 Å². The summed E-state index contributed by atoms with van der Waals surface area (Å²) < 4.78 is 5.87. The second-order valence-electron chi connectivity index (χ2n) is 5.02. The van der Waals surface area contributed by atoms with Crippen molar-refractivity contribution in [3.63, 3.8) is 0 Å². The van der Waals surface area contributed by atoms with Crippen LogP contribution in [0.15, 0.2) is 47.1 Å². The van der Waals surface area contributed by atoms with Crippen LogP contribution in [-0.2, 0) is 6.54 Å². The molecule has 1 aliphatic heterocycles. The molecule has 1 aromatic heterocycles. The van der Waals surface area contributed by atoms with E-state index in [1.165, 1.54) is 0 Å². The third kappa shape index (κ3) is 3.06.